The summed E-state index contributed by atoms with van der Waals surface area (Å²) in [6.07, 6.45) is 0. The van der Waals surface area contributed by atoms with Crippen molar-refractivity contribution in [3.8, 4) is 23.3 Å². The fraction of sp³-hybridized carbons (Fsp3) is 0. The van der Waals surface area contributed by atoms with Crippen molar-refractivity contribution in [2.45, 2.75) is 0 Å². The smallest absolute Gasteiger partial charge is 0.240 e. The molecule has 0 N–H and O–H groups in total. The van der Waals surface area contributed by atoms with Crippen LogP contribution in [0, 0.1) is 0 Å². The molecular weight excluding hydrogens is 815 g/mol. The number of nitrogens with zero attached hydrogens (tertiary/aromatic N) is 5. The van der Waals surface area contributed by atoms with E-state index in [2.05, 4.69) is 54.6 Å². The van der Waals surface area contributed by atoms with Gasteiger partial charge in [0.05, 0.1) is 44.0 Å². The zero-order chi connectivity index (χ0) is 56.1. The molecule has 0 aliphatic heterocycles. The summed E-state index contributed by atoms with van der Waals surface area (Å²) < 4.78 is 149. The largest absolute Gasteiger partial charge is 0.278 e. The van der Waals surface area contributed by atoms with Crippen LogP contribution < -0.4 is 20.7 Å². The van der Waals surface area contributed by atoms with Crippen molar-refractivity contribution in [3.63, 3.8) is 0 Å². The number of benzene rings is 9. The second-order valence-electron chi connectivity index (χ2n) is 15.2. The Labute approximate surface area is 396 Å². The van der Waals surface area contributed by atoms with Crippen molar-refractivity contribution in [1.82, 2.24) is 24.1 Å². The maximum Gasteiger partial charge on any atom is 0.240 e. The lowest BCUT2D eigenvalue weighted by Crippen LogP contribution is -2.74. The molecule has 0 spiro atoms. The van der Waals surface area contributed by atoms with Crippen molar-refractivity contribution in [2.24, 2.45) is 0 Å². The van der Waals surface area contributed by atoms with E-state index in [0.717, 1.165) is 50.1 Å². The fourth-order valence-electron chi connectivity index (χ4n) is 9.15. The molecular formula is C57H37N5SSi. The highest BCUT2D eigenvalue weighted by Gasteiger charge is 2.42. The van der Waals surface area contributed by atoms with Gasteiger partial charge in [0.25, 0.3) is 0 Å². The molecule has 9 aromatic carbocycles. The van der Waals surface area contributed by atoms with Gasteiger partial charge in [-0.15, -0.1) is 11.3 Å². The van der Waals surface area contributed by atoms with Gasteiger partial charge < -0.3 is 0 Å². The first kappa shape index (κ1) is 24.0. The van der Waals surface area contributed by atoms with E-state index in [9.17, 15) is 5.48 Å². The predicted molar refractivity (Wildman–Crippen MR) is 270 cm³/mol. The van der Waals surface area contributed by atoms with Gasteiger partial charge in [-0.2, -0.15) is 15.0 Å². The van der Waals surface area contributed by atoms with Gasteiger partial charge in [0, 0.05) is 47.3 Å². The Morgan fingerprint density at radius 1 is 0.375 bits per heavy atom. The maximum absolute atomic E-state index is 9.37. The van der Waals surface area contributed by atoms with Crippen LogP contribution in [0.5, 0.6) is 0 Å². The average molecular weight is 868 g/mol. The molecule has 7 heteroatoms. The number of fused-ring (bicyclic) bond motifs is 9. The average Bonchev–Trinajstić information content (AvgIpc) is 4.28. The summed E-state index contributed by atoms with van der Waals surface area (Å²) >= 11 is 1.70. The van der Waals surface area contributed by atoms with Gasteiger partial charge >= 0.3 is 0 Å². The van der Waals surface area contributed by atoms with Crippen LogP contribution in [0.15, 0.2) is 224 Å². The minimum Gasteiger partial charge on any atom is -0.278 e. The Bertz CT molecular complexity index is 4500. The Kier molecular flexibility index (Phi) is 5.47. The third-order valence-corrected chi connectivity index (χ3v) is 17.8. The number of thiophene rings is 1. The Hall–Kier alpha value is -7.97. The zero-order valence-corrected chi connectivity index (χ0v) is 35.1. The fourth-order valence-corrected chi connectivity index (χ4v) is 15.0. The Morgan fingerprint density at radius 2 is 0.828 bits per heavy atom. The molecule has 0 radical (unpaired) electrons. The number of hydrogen-bond acceptors (Lipinski definition) is 4. The summed E-state index contributed by atoms with van der Waals surface area (Å²) in [5.74, 6) is -1.07. The lowest BCUT2D eigenvalue weighted by atomic mass is 10.1. The topological polar surface area (TPSA) is 48.5 Å². The van der Waals surface area contributed by atoms with Crippen LogP contribution in [0.25, 0.3) is 87.1 Å². The van der Waals surface area contributed by atoms with Crippen molar-refractivity contribution < 1.29 is 21.9 Å². The summed E-state index contributed by atoms with van der Waals surface area (Å²) in [5.41, 5.74) is -0.949. The van der Waals surface area contributed by atoms with Crippen LogP contribution in [0.2, 0.25) is 0 Å². The van der Waals surface area contributed by atoms with E-state index in [1.807, 2.05) is 66.7 Å². The minimum atomic E-state index is -3.44. The summed E-state index contributed by atoms with van der Waals surface area (Å²) in [6.45, 7) is 0. The molecule has 5 nitrogen and oxygen atoms in total. The molecule has 0 aliphatic carbocycles. The number of para-hydroxylation sites is 4. The first-order valence-corrected chi connectivity index (χ1v) is 23.1. The van der Waals surface area contributed by atoms with Crippen molar-refractivity contribution in [2.75, 3.05) is 0 Å². The van der Waals surface area contributed by atoms with Gasteiger partial charge in [-0.05, 0) is 57.0 Å². The summed E-state index contributed by atoms with van der Waals surface area (Å²) in [5, 5.41) is 5.10. The summed E-state index contributed by atoms with van der Waals surface area (Å²) in [6, 6.07) is 32.3. The normalized spacial score (nSPS) is 15.6. The molecule has 0 bridgehead atoms. The molecule has 0 atom stereocenters. The molecule has 0 aliphatic rings. The molecule has 0 saturated carbocycles. The van der Waals surface area contributed by atoms with Gasteiger partial charge in [0.15, 0.2) is 13.9 Å². The van der Waals surface area contributed by atoms with Crippen LogP contribution in [-0.2, 0) is 0 Å². The highest BCUT2D eigenvalue weighted by Crippen LogP contribution is 2.36. The monoisotopic (exact) mass is 867 g/mol. The quantitative estimate of drug-likeness (QED) is 0.118. The number of aromatic nitrogens is 5. The van der Waals surface area contributed by atoms with Crippen LogP contribution in [0.3, 0.4) is 0 Å². The molecule has 64 heavy (non-hydrogen) atoms. The molecule has 300 valence electrons. The first-order chi connectivity index (χ1) is 38.4. The first-order valence-electron chi connectivity index (χ1n) is 28.3. The third kappa shape index (κ3) is 5.51. The Balaban J connectivity index is 1.20. The Morgan fingerprint density at radius 3 is 1.38 bits per heavy atom. The highest BCUT2D eigenvalue weighted by molar-refractivity contribution is 7.26. The van der Waals surface area contributed by atoms with E-state index in [1.165, 1.54) is 0 Å². The van der Waals surface area contributed by atoms with Crippen molar-refractivity contribution in [1.29, 1.82) is 0 Å². The molecule has 0 saturated heterocycles. The molecule has 0 fully saturated rings. The van der Waals surface area contributed by atoms with E-state index in [0.29, 0.717) is 5.56 Å². The predicted octanol–water partition coefficient (Wildman–Crippen LogP) is 11.5. The zero-order valence-electron chi connectivity index (χ0n) is 49.3. The maximum atomic E-state index is 9.37. The number of hydrogen-bond donors (Lipinski definition) is 0. The lowest BCUT2D eigenvalue weighted by Gasteiger charge is -2.34. The van der Waals surface area contributed by atoms with E-state index in [1.54, 1.807) is 17.4 Å². The highest BCUT2D eigenvalue weighted by atomic mass is 32.1. The van der Waals surface area contributed by atoms with Crippen LogP contribution in [0.1, 0.15) is 21.9 Å². The van der Waals surface area contributed by atoms with Gasteiger partial charge in [0.1, 0.15) is 0 Å². The summed E-state index contributed by atoms with van der Waals surface area (Å²) in [7, 11) is -3.44. The second-order valence-corrected chi connectivity index (χ2v) is 20.1. The van der Waals surface area contributed by atoms with Crippen LogP contribution in [-0.4, -0.2) is 32.2 Å². The summed E-state index contributed by atoms with van der Waals surface area (Å²) in [4.78, 5) is 15.0. The molecule has 13 aromatic rings. The van der Waals surface area contributed by atoms with Crippen molar-refractivity contribution in [3.05, 3.63) is 224 Å². The van der Waals surface area contributed by atoms with E-state index in [4.69, 9.17) is 31.4 Å². The molecule has 4 heterocycles. The molecule has 4 aromatic heterocycles. The second kappa shape index (κ2) is 14.6. The van der Waals surface area contributed by atoms with Crippen LogP contribution in [0.4, 0.5) is 0 Å². The van der Waals surface area contributed by atoms with Crippen LogP contribution >= 0.6 is 11.3 Å². The SMILES string of the molecule is [2H]c1c([2H])c([2H])c2c(c1[2H])c1c([2H])c([2H])c([2H])c([2H])c1n2-c1nc(-c2cccc([Si](c3ccccc3)(c3ccccc3)c3ccc4sc5ccccc5c4c3)c2)nc(-n2c3c([2H])c([2H])c([2H])c([2H])c3c3c([2H])c([2H])c([2H])c([2H])c32)n1. The van der Waals surface area contributed by atoms with Gasteiger partial charge in [-0.25, -0.2) is 0 Å². The van der Waals surface area contributed by atoms with E-state index >= 15 is 0 Å². The number of rotatable bonds is 7. The van der Waals surface area contributed by atoms with Gasteiger partial charge in [-0.3, -0.25) is 9.13 Å². The van der Waals surface area contributed by atoms with E-state index < -0.39 is 117 Å². The van der Waals surface area contributed by atoms with Crippen molar-refractivity contribution >= 4 is 104 Å². The molecule has 0 unspecified atom stereocenters. The van der Waals surface area contributed by atoms with E-state index in [-0.39, 0.29) is 49.4 Å². The molecule has 0 amide bonds. The van der Waals surface area contributed by atoms with Gasteiger partial charge in [-0.1, -0.05) is 188 Å². The standard InChI is InChI=1S/C57H37N5SSi/c1-3-19-39(20-4-1)64(40-21-5-2-6-22-40,42-34-35-54-48(37-42)47-28-11-16-33-53(47)63-54)41-23-17-18-38(36-41)55-58-56(61-49-29-12-7-24-43(49)44-25-8-13-30-50(44)61)60-57(59-55)62-51-31-14-9-26-45(51)46-27-10-15-32-52(46)62/h1-37H/i7D,8D,9D,10D,12D,13D,14D,15D,24D,25D,26D,27D,29D,30D,31D,32D. The molecule has 13 rings (SSSR count). The minimum absolute atomic E-state index is 0.136. The van der Waals surface area contributed by atoms with Gasteiger partial charge in [0.2, 0.25) is 11.9 Å². The lowest BCUT2D eigenvalue weighted by molar-refractivity contribution is 0.893. The third-order valence-electron chi connectivity index (χ3n) is 11.9.